The number of thioether (sulfide) groups is 1. The lowest BCUT2D eigenvalue weighted by Gasteiger charge is -1.97. The predicted octanol–water partition coefficient (Wildman–Crippen LogP) is 3.45. The molecule has 0 amide bonds. The maximum atomic E-state index is 12.0. The zero-order valence-corrected chi connectivity index (χ0v) is 12.2. The van der Waals surface area contributed by atoms with E-state index in [-0.39, 0.29) is 5.97 Å². The van der Waals surface area contributed by atoms with E-state index in [2.05, 4.69) is 4.98 Å². The number of hydrogen-bond acceptors (Lipinski definition) is 5. The Bertz CT molecular complexity index is 761. The third kappa shape index (κ3) is 1.91. The van der Waals surface area contributed by atoms with Crippen molar-refractivity contribution in [1.29, 1.82) is 0 Å². The van der Waals surface area contributed by atoms with Crippen LogP contribution in [0, 0.1) is 0 Å². The van der Waals surface area contributed by atoms with Crippen LogP contribution in [0.5, 0.6) is 0 Å². The van der Waals surface area contributed by atoms with Gasteiger partial charge in [-0.3, -0.25) is 4.40 Å². The molecular formula is C13H12N2O2S2. The molecule has 0 radical (unpaired) electrons. The number of rotatable bonds is 3. The molecule has 98 valence electrons. The molecule has 3 rings (SSSR count). The molecule has 0 saturated carbocycles. The van der Waals surface area contributed by atoms with Crippen LogP contribution in [-0.4, -0.2) is 28.2 Å². The second-order valence-electron chi connectivity index (χ2n) is 3.88. The standard InChI is InChI=1S/C13H12N2O2S2/c1-3-17-12(16)11-9-10(13(18-2)19-11)15-7-5-4-6-8(15)14-9/h4-7H,3H2,1-2H3. The molecule has 3 heterocycles. The van der Waals surface area contributed by atoms with Gasteiger partial charge >= 0.3 is 5.97 Å². The van der Waals surface area contributed by atoms with Crippen molar-refractivity contribution in [1.82, 2.24) is 9.38 Å². The summed E-state index contributed by atoms with van der Waals surface area (Å²) in [5, 5.41) is 0. The van der Waals surface area contributed by atoms with Crippen molar-refractivity contribution in [2.45, 2.75) is 11.1 Å². The monoisotopic (exact) mass is 292 g/mol. The van der Waals surface area contributed by atoms with Crippen LogP contribution in [0.2, 0.25) is 0 Å². The summed E-state index contributed by atoms with van der Waals surface area (Å²) in [6.07, 6.45) is 3.97. The molecule has 0 N–H and O–H groups in total. The van der Waals surface area contributed by atoms with Crippen LogP contribution in [0.3, 0.4) is 0 Å². The molecule has 0 aliphatic carbocycles. The van der Waals surface area contributed by atoms with E-state index in [4.69, 9.17) is 4.74 Å². The van der Waals surface area contributed by atoms with Crippen molar-refractivity contribution in [3.05, 3.63) is 29.3 Å². The van der Waals surface area contributed by atoms with Gasteiger partial charge in [0.25, 0.3) is 0 Å². The summed E-state index contributed by atoms with van der Waals surface area (Å²) in [5.41, 5.74) is 2.58. The van der Waals surface area contributed by atoms with Gasteiger partial charge in [0, 0.05) is 6.20 Å². The van der Waals surface area contributed by atoms with E-state index in [1.165, 1.54) is 11.3 Å². The zero-order chi connectivity index (χ0) is 13.4. The summed E-state index contributed by atoms with van der Waals surface area (Å²) in [5.74, 6) is -0.291. The Hall–Kier alpha value is -1.53. The van der Waals surface area contributed by atoms with Gasteiger partial charge < -0.3 is 4.74 Å². The second-order valence-corrected chi connectivity index (χ2v) is 5.98. The minimum Gasteiger partial charge on any atom is -0.462 e. The zero-order valence-electron chi connectivity index (χ0n) is 10.5. The number of aromatic nitrogens is 2. The Morgan fingerprint density at radius 1 is 1.53 bits per heavy atom. The van der Waals surface area contributed by atoms with Crippen molar-refractivity contribution < 1.29 is 9.53 Å². The molecule has 6 heteroatoms. The second kappa shape index (κ2) is 4.86. The third-order valence-corrected chi connectivity index (χ3v) is 5.04. The lowest BCUT2D eigenvalue weighted by molar-refractivity contribution is 0.0534. The maximum Gasteiger partial charge on any atom is 0.350 e. The molecule has 0 aromatic carbocycles. The van der Waals surface area contributed by atoms with Crippen molar-refractivity contribution in [2.24, 2.45) is 0 Å². The Morgan fingerprint density at radius 3 is 3.11 bits per heavy atom. The van der Waals surface area contributed by atoms with Crippen molar-refractivity contribution >= 4 is 45.7 Å². The molecule has 19 heavy (non-hydrogen) atoms. The first-order chi connectivity index (χ1) is 9.26. The van der Waals surface area contributed by atoms with Gasteiger partial charge in [-0.25, -0.2) is 9.78 Å². The van der Waals surface area contributed by atoms with Gasteiger partial charge in [0.2, 0.25) is 0 Å². The predicted molar refractivity (Wildman–Crippen MR) is 78.3 cm³/mol. The number of carbonyl (C=O) groups is 1. The minimum absolute atomic E-state index is 0.291. The lowest BCUT2D eigenvalue weighted by atomic mass is 10.4. The van der Waals surface area contributed by atoms with Gasteiger partial charge in [-0.2, -0.15) is 0 Å². The largest absolute Gasteiger partial charge is 0.462 e. The van der Waals surface area contributed by atoms with Crippen LogP contribution >= 0.6 is 23.1 Å². The summed E-state index contributed by atoms with van der Waals surface area (Å²) in [6.45, 7) is 2.18. The topological polar surface area (TPSA) is 43.6 Å². The molecule has 4 nitrogen and oxygen atoms in total. The van der Waals surface area contributed by atoms with Gasteiger partial charge in [-0.05, 0) is 25.3 Å². The first kappa shape index (κ1) is 12.5. The molecular weight excluding hydrogens is 280 g/mol. The number of carbonyl (C=O) groups excluding carboxylic acids is 1. The van der Waals surface area contributed by atoms with E-state index in [1.54, 1.807) is 11.8 Å². The Labute approximate surface area is 118 Å². The van der Waals surface area contributed by atoms with E-state index in [1.807, 2.05) is 42.0 Å². The Kier molecular flexibility index (Phi) is 3.20. The molecule has 0 aliphatic heterocycles. The molecule has 0 atom stereocenters. The number of imidazole rings is 1. The highest BCUT2D eigenvalue weighted by Gasteiger charge is 2.22. The molecule has 0 aliphatic rings. The van der Waals surface area contributed by atoms with Gasteiger partial charge in [0.15, 0.2) is 0 Å². The summed E-state index contributed by atoms with van der Waals surface area (Å²) in [4.78, 5) is 17.1. The molecule has 3 aromatic heterocycles. The SMILES string of the molecule is CCOC(=O)c1sc(SC)c2c1nc1ccccn12. The van der Waals surface area contributed by atoms with E-state index < -0.39 is 0 Å². The number of hydrogen-bond donors (Lipinski definition) is 0. The smallest absolute Gasteiger partial charge is 0.350 e. The third-order valence-electron chi connectivity index (χ3n) is 2.78. The Balaban J connectivity index is 2.32. The fraction of sp³-hybridized carbons (Fsp3) is 0.231. The summed E-state index contributed by atoms with van der Waals surface area (Å²) in [6, 6.07) is 5.83. The van der Waals surface area contributed by atoms with Crippen LogP contribution in [0.25, 0.3) is 16.7 Å². The highest BCUT2D eigenvalue weighted by Crippen LogP contribution is 2.37. The maximum absolute atomic E-state index is 12.0. The first-order valence-electron chi connectivity index (χ1n) is 5.87. The normalized spacial score (nSPS) is 11.3. The fourth-order valence-corrected chi connectivity index (χ4v) is 3.84. The van der Waals surface area contributed by atoms with Crippen LogP contribution < -0.4 is 0 Å². The average molecular weight is 292 g/mol. The lowest BCUT2D eigenvalue weighted by Crippen LogP contribution is -2.02. The quantitative estimate of drug-likeness (QED) is 0.548. The van der Waals surface area contributed by atoms with E-state index in [0.717, 1.165) is 20.9 Å². The number of thiophene rings is 1. The first-order valence-corrected chi connectivity index (χ1v) is 7.91. The summed E-state index contributed by atoms with van der Waals surface area (Å²) < 4.78 is 8.20. The average Bonchev–Trinajstić information content (AvgIpc) is 2.95. The number of fused-ring (bicyclic) bond motifs is 3. The van der Waals surface area contributed by atoms with Crippen LogP contribution in [0.15, 0.2) is 28.6 Å². The molecule has 0 unspecified atom stereocenters. The number of ether oxygens (including phenoxy) is 1. The highest BCUT2D eigenvalue weighted by atomic mass is 32.2. The van der Waals surface area contributed by atoms with E-state index in [0.29, 0.717) is 11.5 Å². The van der Waals surface area contributed by atoms with Crippen molar-refractivity contribution in [2.75, 3.05) is 12.9 Å². The van der Waals surface area contributed by atoms with E-state index in [9.17, 15) is 4.79 Å². The molecule has 0 spiro atoms. The number of esters is 1. The highest BCUT2D eigenvalue weighted by molar-refractivity contribution is 8.00. The number of nitrogens with zero attached hydrogens (tertiary/aromatic N) is 2. The van der Waals surface area contributed by atoms with E-state index >= 15 is 0 Å². The number of pyridine rings is 1. The molecule has 0 fully saturated rings. The molecule has 0 saturated heterocycles. The Morgan fingerprint density at radius 2 is 2.37 bits per heavy atom. The molecule has 0 bridgehead atoms. The fourth-order valence-electron chi connectivity index (χ4n) is 2.01. The minimum atomic E-state index is -0.291. The van der Waals surface area contributed by atoms with Gasteiger partial charge in [0.1, 0.15) is 16.0 Å². The van der Waals surface area contributed by atoms with Gasteiger partial charge in [-0.15, -0.1) is 23.1 Å². The van der Waals surface area contributed by atoms with Crippen LogP contribution in [0.1, 0.15) is 16.6 Å². The summed E-state index contributed by atoms with van der Waals surface area (Å²) >= 11 is 3.07. The molecule has 3 aromatic rings. The summed E-state index contributed by atoms with van der Waals surface area (Å²) in [7, 11) is 0. The van der Waals surface area contributed by atoms with Crippen LogP contribution in [0.4, 0.5) is 0 Å². The van der Waals surface area contributed by atoms with Crippen LogP contribution in [-0.2, 0) is 4.74 Å². The van der Waals surface area contributed by atoms with Crippen molar-refractivity contribution in [3.8, 4) is 0 Å². The van der Waals surface area contributed by atoms with Crippen molar-refractivity contribution in [3.63, 3.8) is 0 Å². The van der Waals surface area contributed by atoms with Gasteiger partial charge in [0.05, 0.1) is 16.3 Å². The van der Waals surface area contributed by atoms with Gasteiger partial charge in [-0.1, -0.05) is 6.07 Å².